The third kappa shape index (κ3) is 6.54. The van der Waals surface area contributed by atoms with Gasteiger partial charge in [-0.3, -0.25) is 4.79 Å². The van der Waals surface area contributed by atoms with Crippen molar-refractivity contribution in [2.45, 2.75) is 18.9 Å². The van der Waals surface area contributed by atoms with Crippen LogP contribution in [-0.2, 0) is 9.53 Å². The Morgan fingerprint density at radius 3 is 2.67 bits per heavy atom. The molecule has 0 spiro atoms. The molecule has 3 saturated heterocycles. The third-order valence-electron chi connectivity index (χ3n) is 7.67. The average molecular weight is 537 g/mol. The summed E-state index contributed by atoms with van der Waals surface area (Å²) in [5, 5.41) is 6.99. The van der Waals surface area contributed by atoms with Gasteiger partial charge in [-0.15, -0.1) is 0 Å². The fourth-order valence-corrected chi connectivity index (χ4v) is 5.36. The lowest BCUT2D eigenvalue weighted by molar-refractivity contribution is -0.127. The minimum Gasteiger partial charge on any atom is -0.494 e. The Hall–Kier alpha value is -3.57. The normalized spacial score (nSPS) is 20.5. The number of hydrogen-bond donors (Lipinski definition) is 2. The molecule has 3 aliphatic heterocycles. The summed E-state index contributed by atoms with van der Waals surface area (Å²) in [7, 11) is 3.84. The van der Waals surface area contributed by atoms with Crippen molar-refractivity contribution in [2.75, 3.05) is 100 Å². The number of carbonyl (C=O) groups excluding carboxylic acids is 1. The fraction of sp³-hybridized carbons (Fsp3) is 0.536. The van der Waals surface area contributed by atoms with Crippen molar-refractivity contribution in [3.8, 4) is 5.75 Å². The zero-order valence-electron chi connectivity index (χ0n) is 23.1. The van der Waals surface area contributed by atoms with Crippen molar-refractivity contribution in [2.24, 2.45) is 0 Å². The van der Waals surface area contributed by atoms with Crippen LogP contribution in [0.4, 0.5) is 28.8 Å². The van der Waals surface area contributed by atoms with Crippen LogP contribution < -0.4 is 25.2 Å². The number of likely N-dealkylation sites (N-methyl/N-ethyl adjacent to an activating group) is 1. The highest BCUT2D eigenvalue weighted by molar-refractivity contribution is 5.87. The molecule has 1 amide bonds. The fourth-order valence-electron chi connectivity index (χ4n) is 5.36. The molecule has 1 atom stereocenters. The van der Waals surface area contributed by atoms with Gasteiger partial charge in [-0.25, -0.2) is 4.98 Å². The van der Waals surface area contributed by atoms with Crippen molar-refractivity contribution in [3.63, 3.8) is 0 Å². The summed E-state index contributed by atoms with van der Waals surface area (Å²) in [5.74, 6) is 1.94. The van der Waals surface area contributed by atoms with Crippen LogP contribution in [0.15, 0.2) is 37.1 Å². The molecule has 11 heteroatoms. The number of amides is 1. The first-order valence-corrected chi connectivity index (χ1v) is 13.8. The Bertz CT molecular complexity index is 1150. The van der Waals surface area contributed by atoms with Gasteiger partial charge in [-0.05, 0) is 38.1 Å². The number of piperidine rings is 1. The van der Waals surface area contributed by atoms with E-state index in [2.05, 4.69) is 56.1 Å². The largest absolute Gasteiger partial charge is 0.494 e. The van der Waals surface area contributed by atoms with Crippen LogP contribution in [0.25, 0.3) is 0 Å². The molecule has 1 aromatic heterocycles. The standard InChI is InChI=1S/C28H40N8O3/c1-4-26(37)36-9-5-6-21(20-36)30-27-24(35-14-16-39-17-15-35)19-29-28(32-27)31-23-8-7-22(18-25(23)38-3)34-12-10-33(2)11-13-34/h4,7-8,18-19,21H,1,5-6,9-17,20H2,2-3H3,(H2,29,30,31,32). The summed E-state index contributed by atoms with van der Waals surface area (Å²) >= 11 is 0. The number of methoxy groups -OCH3 is 1. The van der Waals surface area contributed by atoms with Crippen LogP contribution in [0, 0.1) is 0 Å². The van der Waals surface area contributed by atoms with E-state index in [1.54, 1.807) is 7.11 Å². The van der Waals surface area contributed by atoms with Crippen molar-refractivity contribution < 1.29 is 14.3 Å². The van der Waals surface area contributed by atoms with Gasteiger partial charge in [0, 0.05) is 70.2 Å². The summed E-state index contributed by atoms with van der Waals surface area (Å²) in [5.41, 5.74) is 2.89. The number of piperazine rings is 1. The molecule has 0 bridgehead atoms. The first-order valence-electron chi connectivity index (χ1n) is 13.8. The van der Waals surface area contributed by atoms with Crippen LogP contribution in [0.3, 0.4) is 0 Å². The Morgan fingerprint density at radius 2 is 1.92 bits per heavy atom. The number of hydrogen-bond acceptors (Lipinski definition) is 10. The summed E-state index contributed by atoms with van der Waals surface area (Å²) in [6.45, 7) is 12.0. The van der Waals surface area contributed by atoms with Gasteiger partial charge in [-0.1, -0.05) is 6.58 Å². The minimum absolute atomic E-state index is 0.0351. The molecular weight excluding hydrogens is 496 g/mol. The first-order chi connectivity index (χ1) is 19.0. The van der Waals surface area contributed by atoms with E-state index in [1.165, 1.54) is 6.08 Å². The van der Waals surface area contributed by atoms with Gasteiger partial charge in [0.05, 0.1) is 37.9 Å². The lowest BCUT2D eigenvalue weighted by atomic mass is 10.1. The summed E-state index contributed by atoms with van der Waals surface area (Å²) in [6.07, 6.45) is 5.13. The van der Waals surface area contributed by atoms with E-state index < -0.39 is 0 Å². The predicted octanol–water partition coefficient (Wildman–Crippen LogP) is 2.41. The number of rotatable bonds is 8. The van der Waals surface area contributed by atoms with Gasteiger partial charge in [0.25, 0.3) is 0 Å². The van der Waals surface area contributed by atoms with Gasteiger partial charge in [0.15, 0.2) is 5.82 Å². The quantitative estimate of drug-likeness (QED) is 0.490. The second kappa shape index (κ2) is 12.5. The van der Waals surface area contributed by atoms with E-state index in [1.807, 2.05) is 17.2 Å². The third-order valence-corrected chi connectivity index (χ3v) is 7.67. The molecule has 11 nitrogen and oxygen atoms in total. The molecule has 0 radical (unpaired) electrons. The molecule has 0 saturated carbocycles. The van der Waals surface area contributed by atoms with Gasteiger partial charge in [-0.2, -0.15) is 4.98 Å². The predicted molar refractivity (Wildman–Crippen MR) is 154 cm³/mol. The molecular formula is C28H40N8O3. The molecule has 2 N–H and O–H groups in total. The van der Waals surface area contributed by atoms with E-state index in [4.69, 9.17) is 14.5 Å². The maximum absolute atomic E-state index is 12.2. The van der Waals surface area contributed by atoms with Crippen LogP contribution in [-0.4, -0.2) is 111 Å². The number of nitrogens with one attached hydrogen (secondary N) is 2. The van der Waals surface area contributed by atoms with E-state index in [0.29, 0.717) is 25.7 Å². The van der Waals surface area contributed by atoms with E-state index in [9.17, 15) is 4.79 Å². The van der Waals surface area contributed by atoms with Crippen LogP contribution in [0.1, 0.15) is 12.8 Å². The maximum atomic E-state index is 12.2. The number of ether oxygens (including phenoxy) is 2. The maximum Gasteiger partial charge on any atom is 0.246 e. The SMILES string of the molecule is C=CC(=O)N1CCCC(Nc2nc(Nc3ccc(N4CCN(C)CC4)cc3OC)ncc2N2CCOCC2)C1. The number of benzene rings is 1. The lowest BCUT2D eigenvalue weighted by Gasteiger charge is -2.35. The number of nitrogens with zero attached hydrogens (tertiary/aromatic N) is 6. The number of carbonyl (C=O) groups is 1. The summed E-state index contributed by atoms with van der Waals surface area (Å²) in [4.78, 5) is 30.6. The first kappa shape index (κ1) is 27.0. The number of anilines is 5. The molecule has 1 unspecified atom stereocenters. The van der Waals surface area contributed by atoms with Crippen LogP contribution >= 0.6 is 0 Å². The molecule has 5 rings (SSSR count). The van der Waals surface area contributed by atoms with Crippen LogP contribution in [0.2, 0.25) is 0 Å². The lowest BCUT2D eigenvalue weighted by Crippen LogP contribution is -2.45. The number of aromatic nitrogens is 2. The van der Waals surface area contributed by atoms with E-state index >= 15 is 0 Å². The smallest absolute Gasteiger partial charge is 0.246 e. The topological polar surface area (TPSA) is 98.3 Å². The molecule has 39 heavy (non-hydrogen) atoms. The van der Waals surface area contributed by atoms with Gasteiger partial charge in [0.2, 0.25) is 11.9 Å². The van der Waals surface area contributed by atoms with Crippen molar-refractivity contribution >= 4 is 34.7 Å². The second-order valence-electron chi connectivity index (χ2n) is 10.3. The monoisotopic (exact) mass is 536 g/mol. The molecule has 0 aliphatic carbocycles. The van der Waals surface area contributed by atoms with Crippen molar-refractivity contribution in [1.29, 1.82) is 0 Å². The number of morpholine rings is 1. The molecule has 210 valence electrons. The van der Waals surface area contributed by atoms with Gasteiger partial charge in [0.1, 0.15) is 5.75 Å². The average Bonchev–Trinajstić information content (AvgIpc) is 2.98. The van der Waals surface area contributed by atoms with E-state index in [0.717, 1.165) is 87.3 Å². The van der Waals surface area contributed by atoms with Gasteiger partial charge >= 0.3 is 0 Å². The van der Waals surface area contributed by atoms with Crippen molar-refractivity contribution in [1.82, 2.24) is 19.8 Å². The highest BCUT2D eigenvalue weighted by Crippen LogP contribution is 2.33. The molecule has 4 heterocycles. The Balaban J connectivity index is 1.37. The Kier molecular flexibility index (Phi) is 8.67. The second-order valence-corrected chi connectivity index (χ2v) is 10.3. The molecule has 3 fully saturated rings. The zero-order chi connectivity index (χ0) is 27.2. The summed E-state index contributed by atoms with van der Waals surface area (Å²) in [6, 6.07) is 6.30. The Labute approximate surface area is 230 Å². The van der Waals surface area contributed by atoms with E-state index in [-0.39, 0.29) is 11.9 Å². The minimum atomic E-state index is -0.0351. The highest BCUT2D eigenvalue weighted by atomic mass is 16.5. The highest BCUT2D eigenvalue weighted by Gasteiger charge is 2.25. The van der Waals surface area contributed by atoms with Gasteiger partial charge < -0.3 is 39.7 Å². The molecule has 2 aromatic rings. The molecule has 1 aromatic carbocycles. The van der Waals surface area contributed by atoms with Crippen molar-refractivity contribution in [3.05, 3.63) is 37.1 Å². The Morgan fingerprint density at radius 1 is 1.13 bits per heavy atom. The number of likely N-dealkylation sites (tertiary alicyclic amines) is 1. The zero-order valence-corrected chi connectivity index (χ0v) is 23.1. The van der Waals surface area contributed by atoms with Crippen LogP contribution in [0.5, 0.6) is 5.75 Å². The molecule has 3 aliphatic rings. The summed E-state index contributed by atoms with van der Waals surface area (Å²) < 4.78 is 11.3.